The molecule has 0 atom stereocenters. The van der Waals surface area contributed by atoms with E-state index in [4.69, 9.17) is 15.2 Å². The first-order valence-electron chi connectivity index (χ1n) is 6.98. The van der Waals surface area contributed by atoms with Crippen molar-refractivity contribution in [2.45, 2.75) is 45.8 Å². The zero-order valence-corrected chi connectivity index (χ0v) is 12.8. The summed E-state index contributed by atoms with van der Waals surface area (Å²) in [6, 6.07) is 8.35. The van der Waals surface area contributed by atoms with Gasteiger partial charge in [0.2, 0.25) is 5.79 Å². The van der Waals surface area contributed by atoms with Crippen LogP contribution < -0.4 is 5.73 Å². The predicted molar refractivity (Wildman–Crippen MR) is 79.1 cm³/mol. The van der Waals surface area contributed by atoms with Gasteiger partial charge in [0, 0.05) is 18.8 Å². The molecule has 0 heterocycles. The van der Waals surface area contributed by atoms with E-state index < -0.39 is 5.79 Å². The van der Waals surface area contributed by atoms with Gasteiger partial charge in [-0.05, 0) is 24.8 Å². The summed E-state index contributed by atoms with van der Waals surface area (Å²) >= 11 is 0. The maximum Gasteiger partial charge on any atom is 0.207 e. The lowest BCUT2D eigenvalue weighted by molar-refractivity contribution is -0.235. The Balaban J connectivity index is 3.10. The molecule has 0 fully saturated rings. The molecule has 1 rings (SSSR count). The van der Waals surface area contributed by atoms with E-state index in [0.29, 0.717) is 19.8 Å². The minimum atomic E-state index is -0.820. The molecule has 19 heavy (non-hydrogen) atoms. The van der Waals surface area contributed by atoms with Crippen LogP contribution in [0.15, 0.2) is 24.3 Å². The van der Waals surface area contributed by atoms with E-state index in [0.717, 1.165) is 5.56 Å². The topological polar surface area (TPSA) is 44.5 Å². The molecule has 0 amide bonds. The monoisotopic (exact) mass is 265 g/mol. The molecule has 0 unspecified atom stereocenters. The molecule has 0 aliphatic rings. The molecule has 0 aliphatic carbocycles. The smallest absolute Gasteiger partial charge is 0.207 e. The third kappa shape index (κ3) is 3.78. The third-order valence-electron chi connectivity index (χ3n) is 3.21. The first kappa shape index (κ1) is 16.2. The van der Waals surface area contributed by atoms with E-state index in [1.54, 1.807) is 0 Å². The molecule has 2 N–H and O–H groups in total. The zero-order valence-electron chi connectivity index (χ0n) is 12.8. The van der Waals surface area contributed by atoms with Gasteiger partial charge in [0.15, 0.2) is 0 Å². The fourth-order valence-corrected chi connectivity index (χ4v) is 2.13. The molecule has 108 valence electrons. The Morgan fingerprint density at radius 2 is 1.32 bits per heavy atom. The van der Waals surface area contributed by atoms with E-state index in [1.165, 1.54) is 5.56 Å². The standard InChI is InChI=1S/C16H27NO2/c1-6-18-16(12-17,19-7-2)14-10-8-13(9-11-14)15(3,4)5/h8-11H,6-7,12,17H2,1-5H3. The van der Waals surface area contributed by atoms with E-state index in [2.05, 4.69) is 45.0 Å². The molecule has 1 aromatic carbocycles. The van der Waals surface area contributed by atoms with Gasteiger partial charge >= 0.3 is 0 Å². The third-order valence-corrected chi connectivity index (χ3v) is 3.21. The lowest BCUT2D eigenvalue weighted by Gasteiger charge is -2.33. The van der Waals surface area contributed by atoms with Crippen LogP contribution in [0.4, 0.5) is 0 Å². The molecule has 0 radical (unpaired) electrons. The molecular weight excluding hydrogens is 238 g/mol. The van der Waals surface area contributed by atoms with Crippen LogP contribution in [0.2, 0.25) is 0 Å². The van der Waals surface area contributed by atoms with Crippen LogP contribution >= 0.6 is 0 Å². The highest BCUT2D eigenvalue weighted by Crippen LogP contribution is 2.29. The summed E-state index contributed by atoms with van der Waals surface area (Å²) in [7, 11) is 0. The minimum absolute atomic E-state index is 0.140. The maximum atomic E-state index is 5.89. The fraction of sp³-hybridized carbons (Fsp3) is 0.625. The SMILES string of the molecule is CCOC(CN)(OCC)c1ccc(C(C)(C)C)cc1. The van der Waals surface area contributed by atoms with Crippen molar-refractivity contribution >= 4 is 0 Å². The lowest BCUT2D eigenvalue weighted by atomic mass is 9.86. The molecule has 0 saturated carbocycles. The highest BCUT2D eigenvalue weighted by molar-refractivity contribution is 5.30. The van der Waals surface area contributed by atoms with Gasteiger partial charge in [-0.1, -0.05) is 45.0 Å². The van der Waals surface area contributed by atoms with Gasteiger partial charge in [-0.2, -0.15) is 0 Å². The van der Waals surface area contributed by atoms with Crippen molar-refractivity contribution in [1.29, 1.82) is 0 Å². The minimum Gasteiger partial charge on any atom is -0.345 e. The van der Waals surface area contributed by atoms with Crippen molar-refractivity contribution in [2.75, 3.05) is 19.8 Å². The number of rotatable bonds is 6. The Morgan fingerprint density at radius 3 is 1.63 bits per heavy atom. The van der Waals surface area contributed by atoms with Crippen LogP contribution in [0.3, 0.4) is 0 Å². The van der Waals surface area contributed by atoms with Gasteiger partial charge in [0.05, 0.1) is 6.54 Å². The van der Waals surface area contributed by atoms with Gasteiger partial charge in [-0.15, -0.1) is 0 Å². The van der Waals surface area contributed by atoms with Gasteiger partial charge < -0.3 is 15.2 Å². The second-order valence-electron chi connectivity index (χ2n) is 5.65. The number of hydrogen-bond acceptors (Lipinski definition) is 3. The van der Waals surface area contributed by atoms with Crippen LogP contribution in [-0.2, 0) is 20.7 Å². The van der Waals surface area contributed by atoms with Crippen molar-refractivity contribution in [2.24, 2.45) is 5.73 Å². The van der Waals surface area contributed by atoms with E-state index >= 15 is 0 Å². The summed E-state index contributed by atoms with van der Waals surface area (Å²) in [5.74, 6) is -0.820. The van der Waals surface area contributed by atoms with Crippen LogP contribution in [0.1, 0.15) is 45.7 Å². The molecule has 1 aromatic rings. The first-order chi connectivity index (χ1) is 8.89. The average Bonchev–Trinajstić information content (AvgIpc) is 2.37. The van der Waals surface area contributed by atoms with Crippen molar-refractivity contribution in [1.82, 2.24) is 0 Å². The number of nitrogens with two attached hydrogens (primary N) is 1. The Hall–Kier alpha value is -0.900. The second-order valence-corrected chi connectivity index (χ2v) is 5.65. The number of hydrogen-bond donors (Lipinski definition) is 1. The van der Waals surface area contributed by atoms with E-state index in [-0.39, 0.29) is 5.41 Å². The summed E-state index contributed by atoms with van der Waals surface area (Å²) in [6.07, 6.45) is 0. The largest absolute Gasteiger partial charge is 0.345 e. The van der Waals surface area contributed by atoms with Crippen molar-refractivity contribution < 1.29 is 9.47 Å². The van der Waals surface area contributed by atoms with Gasteiger partial charge in [-0.3, -0.25) is 0 Å². The van der Waals surface area contributed by atoms with Crippen LogP contribution in [-0.4, -0.2) is 19.8 Å². The van der Waals surface area contributed by atoms with E-state index in [1.807, 2.05) is 13.8 Å². The normalized spacial score (nSPS) is 12.7. The molecule has 0 bridgehead atoms. The highest BCUT2D eigenvalue weighted by Gasteiger charge is 2.32. The Morgan fingerprint density at radius 1 is 0.895 bits per heavy atom. The summed E-state index contributed by atoms with van der Waals surface area (Å²) in [5, 5.41) is 0. The first-order valence-corrected chi connectivity index (χ1v) is 6.98. The number of ether oxygens (including phenoxy) is 2. The summed E-state index contributed by atoms with van der Waals surface area (Å²) in [5.41, 5.74) is 8.29. The lowest BCUT2D eigenvalue weighted by Crippen LogP contribution is -2.41. The zero-order chi connectivity index (χ0) is 14.5. The van der Waals surface area contributed by atoms with Crippen LogP contribution in [0.25, 0.3) is 0 Å². The highest BCUT2D eigenvalue weighted by atomic mass is 16.7. The molecule has 0 aromatic heterocycles. The molecule has 0 spiro atoms. The van der Waals surface area contributed by atoms with Crippen LogP contribution in [0, 0.1) is 0 Å². The number of benzene rings is 1. The van der Waals surface area contributed by atoms with Gasteiger partial charge in [0.1, 0.15) is 0 Å². The molecule has 3 nitrogen and oxygen atoms in total. The average molecular weight is 265 g/mol. The van der Waals surface area contributed by atoms with Crippen molar-refractivity contribution in [3.05, 3.63) is 35.4 Å². The van der Waals surface area contributed by atoms with Gasteiger partial charge in [-0.25, -0.2) is 0 Å². The second kappa shape index (κ2) is 6.51. The van der Waals surface area contributed by atoms with Crippen LogP contribution in [0.5, 0.6) is 0 Å². The summed E-state index contributed by atoms with van der Waals surface area (Å²) in [4.78, 5) is 0. The predicted octanol–water partition coefficient (Wildman–Crippen LogP) is 3.17. The quantitative estimate of drug-likeness (QED) is 0.803. The Labute approximate surface area is 117 Å². The molecule has 0 aliphatic heterocycles. The summed E-state index contributed by atoms with van der Waals surface area (Å²) < 4.78 is 11.6. The Kier molecular flexibility index (Phi) is 5.53. The van der Waals surface area contributed by atoms with Crippen molar-refractivity contribution in [3.63, 3.8) is 0 Å². The summed E-state index contributed by atoms with van der Waals surface area (Å²) in [6.45, 7) is 11.9. The molecular formula is C16H27NO2. The maximum absolute atomic E-state index is 5.89. The van der Waals surface area contributed by atoms with Gasteiger partial charge in [0.25, 0.3) is 0 Å². The molecule has 0 saturated heterocycles. The fourth-order valence-electron chi connectivity index (χ4n) is 2.13. The van der Waals surface area contributed by atoms with Crippen molar-refractivity contribution in [3.8, 4) is 0 Å². The molecule has 3 heteroatoms. The Bertz CT molecular complexity index is 373. The van der Waals surface area contributed by atoms with E-state index in [9.17, 15) is 0 Å².